The van der Waals surface area contributed by atoms with E-state index in [9.17, 15) is 13.2 Å². The number of alkyl halides is 3. The highest BCUT2D eigenvalue weighted by Gasteiger charge is 2.38. The molecule has 2 aromatic carbocycles. The number of carboxylic acids is 1. The second-order valence-corrected chi connectivity index (χ2v) is 7.83. The second kappa shape index (κ2) is 11.3. The van der Waals surface area contributed by atoms with E-state index in [1.54, 1.807) is 37.7 Å². The van der Waals surface area contributed by atoms with Crippen LogP contribution in [0.4, 0.5) is 13.2 Å². The fourth-order valence-corrected chi connectivity index (χ4v) is 3.21. The number of ether oxygens (including phenoxy) is 1. The van der Waals surface area contributed by atoms with Crippen LogP contribution in [0.25, 0.3) is 29.2 Å². The normalized spacial score (nSPS) is 11.3. The van der Waals surface area contributed by atoms with Gasteiger partial charge in [-0.15, -0.1) is 0 Å². The third kappa shape index (κ3) is 6.64. The summed E-state index contributed by atoms with van der Waals surface area (Å²) >= 11 is 12.3. The first-order chi connectivity index (χ1) is 17.0. The Morgan fingerprint density at radius 3 is 2.53 bits per heavy atom. The summed E-state index contributed by atoms with van der Waals surface area (Å²) < 4.78 is 44.5. The second-order valence-electron chi connectivity index (χ2n) is 7.05. The molecule has 0 aliphatic rings. The van der Waals surface area contributed by atoms with Gasteiger partial charge in [0.1, 0.15) is 5.75 Å². The molecule has 0 fully saturated rings. The summed E-state index contributed by atoms with van der Waals surface area (Å²) in [7, 11) is 1.63. The fourth-order valence-electron chi connectivity index (χ4n) is 2.82. The Labute approximate surface area is 212 Å². The van der Waals surface area contributed by atoms with Crippen LogP contribution in [0, 0.1) is 6.92 Å². The Balaban J connectivity index is 0.000000454. The van der Waals surface area contributed by atoms with Gasteiger partial charge in [-0.05, 0) is 42.8 Å². The van der Waals surface area contributed by atoms with Gasteiger partial charge in [0.05, 0.1) is 34.9 Å². The molecule has 0 amide bonds. The molecule has 0 aliphatic heterocycles. The molecule has 0 bridgehead atoms. The van der Waals surface area contributed by atoms with Crippen LogP contribution in [0.1, 0.15) is 17.1 Å². The Bertz CT molecular complexity index is 1400. The number of aryl methyl sites for hydroxylation is 1. The number of methoxy groups -OCH3 is 1. The van der Waals surface area contributed by atoms with Gasteiger partial charge in [-0.25, -0.2) is 9.78 Å². The van der Waals surface area contributed by atoms with Crippen LogP contribution >= 0.6 is 23.2 Å². The minimum absolute atomic E-state index is 0.351. The van der Waals surface area contributed by atoms with Crippen molar-refractivity contribution < 1.29 is 32.3 Å². The molecule has 188 valence electrons. The van der Waals surface area contributed by atoms with Crippen molar-refractivity contribution in [3.05, 3.63) is 76.1 Å². The van der Waals surface area contributed by atoms with Gasteiger partial charge in [0, 0.05) is 17.8 Å². The maximum Gasteiger partial charge on any atom is 0.490 e. The van der Waals surface area contributed by atoms with Crippen LogP contribution in [0.15, 0.2) is 53.4 Å². The lowest BCUT2D eigenvalue weighted by molar-refractivity contribution is -0.192. The number of halogens is 5. The van der Waals surface area contributed by atoms with Crippen molar-refractivity contribution in [3.8, 4) is 22.8 Å². The van der Waals surface area contributed by atoms with Crippen molar-refractivity contribution in [2.24, 2.45) is 0 Å². The Kier molecular flexibility index (Phi) is 8.38. The van der Waals surface area contributed by atoms with E-state index >= 15 is 0 Å². The maximum atomic E-state index is 10.6. The van der Waals surface area contributed by atoms with E-state index in [0.29, 0.717) is 27.3 Å². The highest BCUT2D eigenvalue weighted by atomic mass is 35.5. The summed E-state index contributed by atoms with van der Waals surface area (Å²) in [4.78, 5) is 17.5. The molecule has 13 heteroatoms. The quantitative estimate of drug-likeness (QED) is 0.314. The van der Waals surface area contributed by atoms with Crippen LogP contribution in [-0.2, 0) is 4.79 Å². The van der Waals surface area contributed by atoms with Gasteiger partial charge in [-0.1, -0.05) is 40.5 Å². The number of benzene rings is 2. The zero-order chi connectivity index (χ0) is 26.5. The number of hydrogen-bond acceptors (Lipinski definition) is 6. The summed E-state index contributed by atoms with van der Waals surface area (Å²) in [5.74, 6) is -1.31. The lowest BCUT2D eigenvalue weighted by Crippen LogP contribution is -2.21. The zero-order valence-corrected chi connectivity index (χ0v) is 20.1. The molecular formula is C23H17Cl2F3N4O4. The molecule has 0 unspecified atom stereocenters. The van der Waals surface area contributed by atoms with Gasteiger partial charge in [0.25, 0.3) is 5.89 Å². The molecule has 4 rings (SSSR count). The Morgan fingerprint density at radius 1 is 1.19 bits per heavy atom. The number of rotatable bonds is 5. The molecule has 0 saturated heterocycles. The molecule has 0 saturated carbocycles. The standard InChI is InChI=1S/C21H16Cl2N4O2.C2HF3O2/c1-13-11-27(12-24-13)17-8-6-14(10-18(17)28-2)7-9-19-25-21(26-29-19)15-4-3-5-16(22)20(15)23;3-2(4,5)1(6)7/h3-12H,1-2H3;(H,6,7)/b9-7+;. The van der Waals surface area contributed by atoms with Gasteiger partial charge < -0.3 is 18.9 Å². The van der Waals surface area contributed by atoms with Gasteiger partial charge in [0.15, 0.2) is 0 Å². The van der Waals surface area contributed by atoms with Crippen molar-refractivity contribution in [1.29, 1.82) is 0 Å². The van der Waals surface area contributed by atoms with E-state index < -0.39 is 12.1 Å². The molecule has 0 atom stereocenters. The average Bonchev–Trinajstić information content (AvgIpc) is 3.48. The van der Waals surface area contributed by atoms with Gasteiger partial charge in [-0.2, -0.15) is 18.2 Å². The van der Waals surface area contributed by atoms with Crippen molar-refractivity contribution >= 4 is 41.3 Å². The van der Waals surface area contributed by atoms with Crippen molar-refractivity contribution in [2.45, 2.75) is 13.1 Å². The number of aromatic nitrogens is 4. The highest BCUT2D eigenvalue weighted by molar-refractivity contribution is 6.43. The summed E-state index contributed by atoms with van der Waals surface area (Å²) in [5, 5.41) is 11.9. The maximum absolute atomic E-state index is 10.6. The van der Waals surface area contributed by atoms with E-state index in [4.69, 9.17) is 42.4 Å². The molecular weight excluding hydrogens is 524 g/mol. The largest absolute Gasteiger partial charge is 0.495 e. The van der Waals surface area contributed by atoms with Gasteiger partial charge in [-0.3, -0.25) is 0 Å². The molecule has 4 aromatic rings. The highest BCUT2D eigenvalue weighted by Crippen LogP contribution is 2.32. The monoisotopic (exact) mass is 540 g/mol. The predicted octanol–water partition coefficient (Wildman–Crippen LogP) is 6.35. The molecule has 0 spiro atoms. The van der Waals surface area contributed by atoms with Crippen molar-refractivity contribution in [2.75, 3.05) is 7.11 Å². The number of hydrogen-bond donors (Lipinski definition) is 1. The van der Waals surface area contributed by atoms with E-state index in [1.807, 2.05) is 42.0 Å². The Morgan fingerprint density at radius 2 is 1.92 bits per heavy atom. The molecule has 2 heterocycles. The van der Waals surface area contributed by atoms with Crippen molar-refractivity contribution in [3.63, 3.8) is 0 Å². The van der Waals surface area contributed by atoms with E-state index in [1.165, 1.54) is 0 Å². The number of carboxylic acid groups (broad SMARTS) is 1. The van der Waals surface area contributed by atoms with E-state index in [0.717, 1.165) is 22.7 Å². The number of carbonyl (C=O) groups is 1. The first-order valence-electron chi connectivity index (χ1n) is 9.95. The SMILES string of the molecule is COc1cc(/C=C/c2nc(-c3cccc(Cl)c3Cl)no2)ccc1-n1cnc(C)c1.O=C(O)C(F)(F)F. The van der Waals surface area contributed by atoms with Crippen LogP contribution < -0.4 is 4.74 Å². The zero-order valence-electron chi connectivity index (χ0n) is 18.6. The van der Waals surface area contributed by atoms with Crippen molar-refractivity contribution in [1.82, 2.24) is 19.7 Å². The van der Waals surface area contributed by atoms with Crippen LogP contribution in [0.3, 0.4) is 0 Å². The van der Waals surface area contributed by atoms with Crippen LogP contribution in [0.5, 0.6) is 5.75 Å². The number of imidazole rings is 1. The Hall–Kier alpha value is -3.83. The smallest absolute Gasteiger partial charge is 0.490 e. The molecule has 36 heavy (non-hydrogen) atoms. The minimum atomic E-state index is -5.08. The minimum Gasteiger partial charge on any atom is -0.495 e. The molecule has 0 aliphatic carbocycles. The van der Waals surface area contributed by atoms with Gasteiger partial charge in [0.2, 0.25) is 5.82 Å². The third-order valence-corrected chi connectivity index (χ3v) is 5.31. The lowest BCUT2D eigenvalue weighted by atomic mass is 10.1. The number of nitrogens with zero attached hydrogens (tertiary/aromatic N) is 4. The van der Waals surface area contributed by atoms with E-state index in [2.05, 4.69) is 15.1 Å². The van der Waals surface area contributed by atoms with Crippen LogP contribution in [-0.4, -0.2) is 44.1 Å². The predicted molar refractivity (Wildman–Crippen MR) is 127 cm³/mol. The summed E-state index contributed by atoms with van der Waals surface area (Å²) in [6, 6.07) is 11.1. The summed E-state index contributed by atoms with van der Waals surface area (Å²) in [6.07, 6.45) is 2.20. The number of aliphatic carboxylic acids is 1. The first-order valence-corrected chi connectivity index (χ1v) is 10.7. The summed E-state index contributed by atoms with van der Waals surface area (Å²) in [6.45, 7) is 1.94. The average molecular weight is 541 g/mol. The molecule has 8 nitrogen and oxygen atoms in total. The lowest BCUT2D eigenvalue weighted by Gasteiger charge is -2.09. The molecule has 2 aromatic heterocycles. The summed E-state index contributed by atoms with van der Waals surface area (Å²) in [5.41, 5.74) is 3.37. The van der Waals surface area contributed by atoms with Crippen LogP contribution in [0.2, 0.25) is 10.0 Å². The molecule has 0 radical (unpaired) electrons. The molecule has 1 N–H and O–H groups in total. The topological polar surface area (TPSA) is 103 Å². The van der Waals surface area contributed by atoms with E-state index in [-0.39, 0.29) is 0 Å². The fraction of sp³-hybridized carbons (Fsp3) is 0.130. The van der Waals surface area contributed by atoms with Gasteiger partial charge >= 0.3 is 12.1 Å². The third-order valence-electron chi connectivity index (χ3n) is 4.49. The first kappa shape index (κ1) is 26.8.